The highest BCUT2D eigenvalue weighted by Crippen LogP contribution is 2.36. The van der Waals surface area contributed by atoms with E-state index in [2.05, 4.69) is 35.5 Å². The van der Waals surface area contributed by atoms with Crippen LogP contribution in [0.25, 0.3) is 32.7 Å². The molecule has 3 aliphatic rings. The number of nitrogens with zero attached hydrogens (tertiary/aromatic N) is 11. The fourth-order valence-corrected chi connectivity index (χ4v) is 11.0. The van der Waals surface area contributed by atoms with E-state index in [1.165, 1.54) is 4.90 Å². The van der Waals surface area contributed by atoms with Gasteiger partial charge in [-0.05, 0) is 61.9 Å². The molecule has 8 heterocycles. The van der Waals surface area contributed by atoms with Crippen molar-refractivity contribution in [3.63, 3.8) is 0 Å². The molecular formula is C52H61N13O7S. The molecule has 2 amide bonds. The average Bonchev–Trinajstić information content (AvgIpc) is 4.23. The third kappa shape index (κ3) is 10.5. The van der Waals surface area contributed by atoms with Crippen LogP contribution in [-0.2, 0) is 14.3 Å². The van der Waals surface area contributed by atoms with Gasteiger partial charge in [0.2, 0.25) is 17.8 Å². The van der Waals surface area contributed by atoms with Crippen LogP contribution in [0.3, 0.4) is 0 Å². The summed E-state index contributed by atoms with van der Waals surface area (Å²) < 4.78 is 25.2. The molecule has 1 unspecified atom stereocenters. The molecule has 382 valence electrons. The lowest BCUT2D eigenvalue weighted by molar-refractivity contribution is -0.141. The maximum absolute atomic E-state index is 14.4. The van der Waals surface area contributed by atoms with Gasteiger partial charge in [0.25, 0.3) is 0 Å². The van der Waals surface area contributed by atoms with E-state index in [0.29, 0.717) is 59.1 Å². The van der Waals surface area contributed by atoms with Crippen LogP contribution in [0.15, 0.2) is 83.1 Å². The molecule has 0 saturated carbocycles. The van der Waals surface area contributed by atoms with E-state index in [4.69, 9.17) is 39.5 Å². The molecule has 10 rings (SSSR count). The minimum absolute atomic E-state index is 0.0505. The zero-order valence-corrected chi connectivity index (χ0v) is 42.4. The van der Waals surface area contributed by atoms with Crippen molar-refractivity contribution in [2.24, 2.45) is 5.92 Å². The Morgan fingerprint density at radius 1 is 0.945 bits per heavy atom. The van der Waals surface area contributed by atoms with Crippen LogP contribution in [0.4, 0.5) is 17.6 Å². The summed E-state index contributed by atoms with van der Waals surface area (Å²) in [6, 6.07) is 18.4. The molecule has 4 atom stereocenters. The standard InChI is InChI=1S/C52H61N13O7S/c1-30(2)46(51(68)64-27-36(66)22-42(64)50(67)57-31(3)33-10-12-34(13-11-33)48-32(4)56-28-73-48)44-24-45(61-72-44)62-20-16-37(17-21-62)71-38-25-54-52(55-26-38)63-18-14-35(15-19-63)65-41-23-40(58-59-47(41)49(53)60-65)39-8-6-7-9-43(39)70-29-69-5/h6-13,23-26,28,30-31,35-37,42,46,66H,14-22,27,29H2,1-5H3,(H2,53,60)(H,57,67)/t31-,36+,42-,46?/m0/s1. The van der Waals surface area contributed by atoms with E-state index in [-0.39, 0.29) is 55.7 Å². The second kappa shape index (κ2) is 21.5. The molecule has 3 saturated heterocycles. The summed E-state index contributed by atoms with van der Waals surface area (Å²) in [6.45, 7) is 10.7. The molecule has 7 aromatic rings. The number of para-hydroxylation sites is 1. The SMILES string of the molecule is COCOc1ccccc1-c1cc2c(nn1)c(N)nn2C1CCN(c2ncc(OC3CCN(c4cc(C(C(=O)N5C[C@H](O)C[C@H]5C(=O)N[C@@H](C)c5ccc(-c6scnc6C)cc5)C(C)C)on4)CC3)cn2)CC1. The topological polar surface area (TPSA) is 238 Å². The minimum atomic E-state index is -0.828. The van der Waals surface area contributed by atoms with E-state index in [1.54, 1.807) is 30.8 Å². The van der Waals surface area contributed by atoms with Crippen LogP contribution < -0.4 is 30.3 Å². The number of hydrogen-bond acceptors (Lipinski definition) is 18. The number of benzene rings is 2. The van der Waals surface area contributed by atoms with E-state index < -0.39 is 18.1 Å². The number of amides is 2. The number of nitrogens with two attached hydrogens (primary N) is 1. The molecule has 2 aromatic carbocycles. The third-order valence-electron chi connectivity index (χ3n) is 14.1. The van der Waals surface area contributed by atoms with Crippen LogP contribution in [0.5, 0.6) is 11.5 Å². The van der Waals surface area contributed by atoms with Crippen LogP contribution in [-0.4, -0.2) is 127 Å². The summed E-state index contributed by atoms with van der Waals surface area (Å²) in [5, 5.41) is 31.9. The number of rotatable bonds is 16. The molecule has 0 aliphatic carbocycles. The van der Waals surface area contributed by atoms with Gasteiger partial charge in [-0.25, -0.2) is 15.0 Å². The number of aliphatic hydroxyl groups is 1. The van der Waals surface area contributed by atoms with E-state index >= 15 is 0 Å². The number of piperidine rings is 2. The van der Waals surface area contributed by atoms with Crippen molar-refractivity contribution in [2.45, 2.75) is 96.1 Å². The summed E-state index contributed by atoms with van der Waals surface area (Å²) in [4.78, 5) is 48.8. The summed E-state index contributed by atoms with van der Waals surface area (Å²) in [6.07, 6.45) is 5.82. The van der Waals surface area contributed by atoms with Crippen molar-refractivity contribution in [1.82, 2.24) is 50.3 Å². The number of likely N-dealkylation sites (tertiary alicyclic amines) is 1. The first-order valence-electron chi connectivity index (χ1n) is 24.9. The average molecular weight is 1010 g/mol. The van der Waals surface area contributed by atoms with Gasteiger partial charge in [-0.3, -0.25) is 14.3 Å². The van der Waals surface area contributed by atoms with Gasteiger partial charge in [0, 0.05) is 70.7 Å². The Balaban J connectivity index is 0.710. The molecular weight excluding hydrogens is 951 g/mol. The summed E-state index contributed by atoms with van der Waals surface area (Å²) in [7, 11) is 1.58. The lowest BCUT2D eigenvalue weighted by atomic mass is 9.91. The number of β-amino-alcohol motifs (C(OH)–C–C–N with tert-alkyl or cyclic N) is 1. The monoisotopic (exact) mass is 1010 g/mol. The fourth-order valence-electron chi connectivity index (χ4n) is 10.2. The molecule has 3 fully saturated rings. The first-order chi connectivity index (χ1) is 35.4. The number of thiazole rings is 1. The largest absolute Gasteiger partial charge is 0.487 e. The highest BCUT2D eigenvalue weighted by atomic mass is 32.1. The molecule has 5 aromatic heterocycles. The predicted molar refractivity (Wildman–Crippen MR) is 275 cm³/mol. The predicted octanol–water partition coefficient (Wildman–Crippen LogP) is 6.74. The second-order valence-electron chi connectivity index (χ2n) is 19.4. The van der Waals surface area contributed by atoms with E-state index in [9.17, 15) is 14.7 Å². The molecule has 21 heteroatoms. The molecule has 0 radical (unpaired) electrons. The molecule has 20 nitrogen and oxygen atoms in total. The third-order valence-corrected chi connectivity index (χ3v) is 15.1. The van der Waals surface area contributed by atoms with Crippen molar-refractivity contribution in [3.05, 3.63) is 95.6 Å². The zero-order chi connectivity index (χ0) is 50.8. The first kappa shape index (κ1) is 49.4. The summed E-state index contributed by atoms with van der Waals surface area (Å²) in [5.41, 5.74) is 14.0. The number of ether oxygens (including phenoxy) is 3. The second-order valence-corrected chi connectivity index (χ2v) is 20.3. The van der Waals surface area contributed by atoms with Gasteiger partial charge < -0.3 is 49.6 Å². The Bertz CT molecular complexity index is 3020. The number of nitrogens with one attached hydrogen (secondary N) is 1. The molecule has 0 bridgehead atoms. The lowest BCUT2D eigenvalue weighted by Crippen LogP contribution is -2.48. The number of fused-ring (bicyclic) bond motifs is 1. The Morgan fingerprint density at radius 3 is 2.40 bits per heavy atom. The van der Waals surface area contributed by atoms with Crippen molar-refractivity contribution >= 4 is 51.8 Å². The Labute approximate surface area is 426 Å². The fraction of sp³-hybridized carbons (Fsp3) is 0.442. The van der Waals surface area contributed by atoms with Crippen LogP contribution in [0.1, 0.15) is 87.9 Å². The van der Waals surface area contributed by atoms with Crippen molar-refractivity contribution < 1.29 is 33.4 Å². The maximum atomic E-state index is 14.4. The number of aliphatic hydroxyl groups excluding tert-OH is 1. The summed E-state index contributed by atoms with van der Waals surface area (Å²) >= 11 is 1.59. The summed E-state index contributed by atoms with van der Waals surface area (Å²) in [5.74, 6) is 1.84. The Hall–Kier alpha value is -7.23. The van der Waals surface area contributed by atoms with Gasteiger partial charge in [-0.15, -0.1) is 21.5 Å². The molecule has 0 spiro atoms. The quantitative estimate of drug-likeness (QED) is 0.0850. The molecule has 4 N–H and O–H groups in total. The van der Waals surface area contributed by atoms with Gasteiger partial charge in [0.15, 0.2) is 35.5 Å². The minimum Gasteiger partial charge on any atom is -0.487 e. The van der Waals surface area contributed by atoms with Crippen molar-refractivity contribution in [2.75, 3.05) is 62.2 Å². The number of methoxy groups -OCH3 is 1. The number of carbonyl (C=O) groups is 2. The smallest absolute Gasteiger partial charge is 0.243 e. The Morgan fingerprint density at radius 2 is 1.68 bits per heavy atom. The van der Waals surface area contributed by atoms with Crippen LogP contribution in [0, 0.1) is 12.8 Å². The maximum Gasteiger partial charge on any atom is 0.243 e. The number of nitrogen functional groups attached to an aromatic ring is 1. The number of aryl methyl sites for hydroxylation is 1. The number of hydrogen-bond donors (Lipinski definition) is 3. The number of anilines is 3. The van der Waals surface area contributed by atoms with E-state index in [0.717, 1.165) is 71.6 Å². The Kier molecular flexibility index (Phi) is 14.5. The van der Waals surface area contributed by atoms with Gasteiger partial charge in [0.1, 0.15) is 23.8 Å². The van der Waals surface area contributed by atoms with Crippen LogP contribution in [0.2, 0.25) is 0 Å². The van der Waals surface area contributed by atoms with Gasteiger partial charge in [-0.1, -0.05) is 55.4 Å². The normalized spacial score (nSPS) is 18.6. The van der Waals surface area contributed by atoms with Gasteiger partial charge in [0.05, 0.1) is 57.9 Å². The lowest BCUT2D eigenvalue weighted by Gasteiger charge is -2.33. The highest BCUT2D eigenvalue weighted by Gasteiger charge is 2.44. The van der Waals surface area contributed by atoms with Crippen LogP contribution >= 0.6 is 11.3 Å². The van der Waals surface area contributed by atoms with Crippen molar-refractivity contribution in [3.8, 4) is 33.2 Å². The molecule has 3 aliphatic heterocycles. The van der Waals surface area contributed by atoms with Gasteiger partial charge >= 0.3 is 0 Å². The molecule has 73 heavy (non-hydrogen) atoms. The highest BCUT2D eigenvalue weighted by molar-refractivity contribution is 7.13. The number of carbonyl (C=O) groups excluding carboxylic acids is 2. The van der Waals surface area contributed by atoms with Crippen molar-refractivity contribution in [1.29, 1.82) is 0 Å². The first-order valence-corrected chi connectivity index (χ1v) is 25.8. The van der Waals surface area contributed by atoms with Gasteiger partial charge in [-0.2, -0.15) is 5.10 Å². The van der Waals surface area contributed by atoms with E-state index in [1.807, 2.05) is 98.6 Å². The number of aromatic nitrogens is 8. The zero-order valence-electron chi connectivity index (χ0n) is 41.6.